The molecule has 0 amide bonds. The monoisotopic (exact) mass is 402 g/mol. The van der Waals surface area contributed by atoms with E-state index in [2.05, 4.69) is 50.4 Å². The molecule has 3 aromatic heterocycles. The van der Waals surface area contributed by atoms with E-state index >= 15 is 0 Å². The maximum absolute atomic E-state index is 5.79. The van der Waals surface area contributed by atoms with Crippen molar-refractivity contribution in [1.82, 2.24) is 19.9 Å². The first-order chi connectivity index (χ1) is 14.3. The third-order valence-electron chi connectivity index (χ3n) is 4.50. The highest BCUT2D eigenvalue weighted by Crippen LogP contribution is 2.23. The Morgan fingerprint density at radius 3 is 2.48 bits per heavy atom. The van der Waals surface area contributed by atoms with Gasteiger partial charge in [-0.05, 0) is 59.8 Å². The SMILES string of the molecule is Cc1ccsc1CN(Cc1cccc(Oc2ncccn2)c1)Cc1ccccn1. The number of aryl methyl sites for hydroxylation is 1. The van der Waals surface area contributed by atoms with Gasteiger partial charge >= 0.3 is 6.01 Å². The van der Waals surface area contributed by atoms with Gasteiger partial charge in [0.05, 0.1) is 5.69 Å². The fourth-order valence-corrected chi connectivity index (χ4v) is 4.01. The van der Waals surface area contributed by atoms with Crippen LogP contribution in [0.25, 0.3) is 0 Å². The quantitative estimate of drug-likeness (QED) is 0.404. The van der Waals surface area contributed by atoms with Crippen molar-refractivity contribution in [3.63, 3.8) is 0 Å². The highest BCUT2D eigenvalue weighted by molar-refractivity contribution is 7.10. The number of ether oxygens (including phenoxy) is 1. The first kappa shape index (κ1) is 19.2. The lowest BCUT2D eigenvalue weighted by molar-refractivity contribution is 0.246. The standard InChI is InChI=1S/C23H22N4OS/c1-18-9-13-29-22(18)17-27(16-20-7-2-3-10-24-20)15-19-6-4-8-21(14-19)28-23-25-11-5-12-26-23/h2-14H,15-17H2,1H3. The van der Waals surface area contributed by atoms with Crippen LogP contribution in [0.15, 0.2) is 78.6 Å². The third-order valence-corrected chi connectivity index (χ3v) is 5.51. The smallest absolute Gasteiger partial charge is 0.321 e. The number of nitrogens with zero attached hydrogens (tertiary/aromatic N) is 4. The maximum atomic E-state index is 5.79. The molecule has 0 aliphatic rings. The van der Waals surface area contributed by atoms with Crippen molar-refractivity contribution in [3.05, 3.63) is 100 Å². The summed E-state index contributed by atoms with van der Waals surface area (Å²) in [5.41, 5.74) is 3.56. The number of hydrogen-bond donors (Lipinski definition) is 0. The van der Waals surface area contributed by atoms with Crippen LogP contribution in [0, 0.1) is 6.92 Å². The van der Waals surface area contributed by atoms with Crippen LogP contribution in [0.3, 0.4) is 0 Å². The van der Waals surface area contributed by atoms with Crippen LogP contribution in [-0.4, -0.2) is 19.9 Å². The minimum absolute atomic E-state index is 0.351. The van der Waals surface area contributed by atoms with E-state index in [0.717, 1.165) is 31.1 Å². The Morgan fingerprint density at radius 2 is 1.72 bits per heavy atom. The van der Waals surface area contributed by atoms with Crippen molar-refractivity contribution >= 4 is 11.3 Å². The second-order valence-corrected chi connectivity index (χ2v) is 7.77. The average molecular weight is 403 g/mol. The predicted octanol–water partition coefficient (Wildman–Crippen LogP) is 5.24. The predicted molar refractivity (Wildman–Crippen MR) is 115 cm³/mol. The number of benzene rings is 1. The molecular weight excluding hydrogens is 380 g/mol. The summed E-state index contributed by atoms with van der Waals surface area (Å²) in [6.45, 7) is 4.62. The molecule has 6 heteroatoms. The molecule has 0 atom stereocenters. The summed E-state index contributed by atoms with van der Waals surface area (Å²) < 4.78 is 5.79. The molecule has 0 N–H and O–H groups in total. The highest BCUT2D eigenvalue weighted by Gasteiger charge is 2.12. The van der Waals surface area contributed by atoms with Gasteiger partial charge in [-0.3, -0.25) is 9.88 Å². The van der Waals surface area contributed by atoms with Gasteiger partial charge in [-0.1, -0.05) is 18.2 Å². The van der Waals surface area contributed by atoms with E-state index in [0.29, 0.717) is 6.01 Å². The van der Waals surface area contributed by atoms with Gasteiger partial charge in [0, 0.05) is 43.1 Å². The molecule has 5 nitrogen and oxygen atoms in total. The lowest BCUT2D eigenvalue weighted by Gasteiger charge is -2.22. The van der Waals surface area contributed by atoms with Gasteiger partial charge in [-0.25, -0.2) is 9.97 Å². The number of rotatable bonds is 8. The molecule has 0 spiro atoms. The first-order valence-electron chi connectivity index (χ1n) is 9.45. The van der Waals surface area contributed by atoms with Crippen LogP contribution in [0.5, 0.6) is 11.8 Å². The van der Waals surface area contributed by atoms with Gasteiger partial charge in [-0.2, -0.15) is 0 Å². The summed E-state index contributed by atoms with van der Waals surface area (Å²) in [5.74, 6) is 0.735. The lowest BCUT2D eigenvalue weighted by atomic mass is 10.2. The molecule has 0 aliphatic heterocycles. The van der Waals surface area contributed by atoms with Crippen molar-refractivity contribution in [2.75, 3.05) is 0 Å². The molecule has 0 bridgehead atoms. The van der Waals surface area contributed by atoms with Crippen LogP contribution < -0.4 is 4.74 Å². The Bertz CT molecular complexity index is 1040. The lowest BCUT2D eigenvalue weighted by Crippen LogP contribution is -2.22. The Hall–Kier alpha value is -3.09. The molecule has 0 saturated carbocycles. The molecule has 1 aromatic carbocycles. The van der Waals surface area contributed by atoms with Gasteiger partial charge in [-0.15, -0.1) is 11.3 Å². The molecule has 0 saturated heterocycles. The fraction of sp³-hybridized carbons (Fsp3) is 0.174. The number of hydrogen-bond acceptors (Lipinski definition) is 6. The van der Waals surface area contributed by atoms with Crippen LogP contribution in [0.2, 0.25) is 0 Å². The Balaban J connectivity index is 1.52. The molecule has 4 aromatic rings. The summed E-state index contributed by atoms with van der Waals surface area (Å²) >= 11 is 1.80. The zero-order chi connectivity index (χ0) is 19.9. The number of thiophene rings is 1. The molecule has 146 valence electrons. The van der Waals surface area contributed by atoms with E-state index in [9.17, 15) is 0 Å². The van der Waals surface area contributed by atoms with Crippen molar-refractivity contribution in [3.8, 4) is 11.8 Å². The van der Waals surface area contributed by atoms with Crippen LogP contribution in [-0.2, 0) is 19.6 Å². The second-order valence-electron chi connectivity index (χ2n) is 6.77. The van der Waals surface area contributed by atoms with Crippen molar-refractivity contribution < 1.29 is 4.74 Å². The summed E-state index contributed by atoms with van der Waals surface area (Å²) in [6.07, 6.45) is 5.19. The average Bonchev–Trinajstić information content (AvgIpc) is 3.14. The van der Waals surface area contributed by atoms with E-state index in [-0.39, 0.29) is 0 Å². The van der Waals surface area contributed by atoms with Gasteiger partial charge in [0.25, 0.3) is 0 Å². The van der Waals surface area contributed by atoms with Crippen LogP contribution in [0.4, 0.5) is 0 Å². The minimum Gasteiger partial charge on any atom is -0.424 e. The largest absolute Gasteiger partial charge is 0.424 e. The highest BCUT2D eigenvalue weighted by atomic mass is 32.1. The molecule has 0 fully saturated rings. The zero-order valence-corrected chi connectivity index (χ0v) is 17.0. The molecule has 29 heavy (non-hydrogen) atoms. The maximum Gasteiger partial charge on any atom is 0.321 e. The topological polar surface area (TPSA) is 51.1 Å². The third kappa shape index (κ3) is 5.47. The summed E-state index contributed by atoms with van der Waals surface area (Å²) in [4.78, 5) is 16.5. The molecule has 0 radical (unpaired) electrons. The molecule has 3 heterocycles. The van der Waals surface area contributed by atoms with Crippen LogP contribution >= 0.6 is 11.3 Å². The van der Waals surface area contributed by atoms with Crippen molar-refractivity contribution in [2.24, 2.45) is 0 Å². The van der Waals surface area contributed by atoms with E-state index < -0.39 is 0 Å². The normalized spacial score (nSPS) is 11.0. The van der Waals surface area contributed by atoms with Gasteiger partial charge in [0.15, 0.2) is 0 Å². The zero-order valence-electron chi connectivity index (χ0n) is 16.2. The molecule has 4 rings (SSSR count). The van der Waals surface area contributed by atoms with E-state index in [4.69, 9.17) is 4.74 Å². The van der Waals surface area contributed by atoms with Gasteiger partial charge in [0.2, 0.25) is 0 Å². The molecular formula is C23H22N4OS. The van der Waals surface area contributed by atoms with Gasteiger partial charge in [0.1, 0.15) is 5.75 Å². The number of pyridine rings is 1. The second kappa shape index (κ2) is 9.41. The Kier molecular flexibility index (Phi) is 6.24. The summed E-state index contributed by atoms with van der Waals surface area (Å²) in [7, 11) is 0. The fourth-order valence-electron chi connectivity index (χ4n) is 3.07. The van der Waals surface area contributed by atoms with E-state index in [1.807, 2.05) is 36.5 Å². The summed E-state index contributed by atoms with van der Waals surface area (Å²) in [5, 5.41) is 2.15. The minimum atomic E-state index is 0.351. The van der Waals surface area contributed by atoms with Gasteiger partial charge < -0.3 is 4.74 Å². The van der Waals surface area contributed by atoms with Crippen molar-refractivity contribution in [1.29, 1.82) is 0 Å². The Morgan fingerprint density at radius 1 is 0.862 bits per heavy atom. The van der Waals surface area contributed by atoms with E-state index in [1.165, 1.54) is 16.0 Å². The Labute approximate surface area is 174 Å². The number of aromatic nitrogens is 3. The molecule has 0 aliphatic carbocycles. The first-order valence-corrected chi connectivity index (χ1v) is 10.3. The molecule has 0 unspecified atom stereocenters. The summed E-state index contributed by atoms with van der Waals surface area (Å²) in [6, 6.07) is 18.4. The van der Waals surface area contributed by atoms with E-state index in [1.54, 1.807) is 29.8 Å². The van der Waals surface area contributed by atoms with Crippen LogP contribution in [0.1, 0.15) is 21.7 Å². The van der Waals surface area contributed by atoms with Crippen molar-refractivity contribution in [2.45, 2.75) is 26.6 Å².